The highest BCUT2D eigenvalue weighted by Gasteiger charge is 2.28. The summed E-state index contributed by atoms with van der Waals surface area (Å²) in [5.41, 5.74) is 4.10. The van der Waals surface area contributed by atoms with E-state index in [4.69, 9.17) is 4.74 Å². The van der Waals surface area contributed by atoms with Crippen LogP contribution in [-0.4, -0.2) is 18.2 Å². The van der Waals surface area contributed by atoms with Crippen LogP contribution in [0.4, 0.5) is 0 Å². The Hall–Kier alpha value is -0.860. The number of benzene rings is 1. The molecule has 0 bridgehead atoms. The Morgan fingerprint density at radius 2 is 1.89 bits per heavy atom. The van der Waals surface area contributed by atoms with E-state index in [0.717, 1.165) is 26.0 Å². The maximum Gasteiger partial charge on any atom is 0.0641 e. The molecule has 2 rings (SSSR count). The fourth-order valence-corrected chi connectivity index (χ4v) is 2.84. The summed E-state index contributed by atoms with van der Waals surface area (Å²) in [7, 11) is 0. The van der Waals surface area contributed by atoms with Crippen LogP contribution in [-0.2, 0) is 11.3 Å². The summed E-state index contributed by atoms with van der Waals surface area (Å²) < 4.78 is 5.75. The summed E-state index contributed by atoms with van der Waals surface area (Å²) in [4.78, 5) is 0. The van der Waals surface area contributed by atoms with E-state index in [2.05, 4.69) is 51.2 Å². The van der Waals surface area contributed by atoms with Gasteiger partial charge in [-0.2, -0.15) is 0 Å². The first-order valence-electron chi connectivity index (χ1n) is 6.89. The monoisotopic (exact) mass is 247 g/mol. The van der Waals surface area contributed by atoms with E-state index in [9.17, 15) is 0 Å². The van der Waals surface area contributed by atoms with Crippen LogP contribution in [0.15, 0.2) is 18.2 Å². The highest BCUT2D eigenvalue weighted by atomic mass is 16.5. The minimum Gasteiger partial charge on any atom is -0.375 e. The summed E-state index contributed by atoms with van der Waals surface area (Å²) in [6, 6.07) is 7.34. The van der Waals surface area contributed by atoms with Crippen molar-refractivity contribution in [3.8, 4) is 0 Å². The highest BCUT2D eigenvalue weighted by molar-refractivity contribution is 5.28. The Morgan fingerprint density at radius 1 is 1.22 bits per heavy atom. The third kappa shape index (κ3) is 3.82. The van der Waals surface area contributed by atoms with E-state index < -0.39 is 0 Å². The molecule has 0 aliphatic carbocycles. The first kappa shape index (κ1) is 13.6. The maximum atomic E-state index is 5.75. The van der Waals surface area contributed by atoms with Crippen LogP contribution >= 0.6 is 0 Å². The van der Waals surface area contributed by atoms with Gasteiger partial charge < -0.3 is 10.1 Å². The summed E-state index contributed by atoms with van der Waals surface area (Å²) >= 11 is 0. The van der Waals surface area contributed by atoms with Crippen LogP contribution in [0, 0.1) is 13.8 Å². The molecule has 0 spiro atoms. The number of hydrogen-bond acceptors (Lipinski definition) is 2. The molecule has 1 saturated heterocycles. The van der Waals surface area contributed by atoms with Gasteiger partial charge in [-0.05, 0) is 46.1 Å². The van der Waals surface area contributed by atoms with Gasteiger partial charge in [0.05, 0.1) is 5.60 Å². The molecule has 1 aliphatic rings. The number of hydrogen-bond donors (Lipinski definition) is 1. The zero-order valence-corrected chi connectivity index (χ0v) is 12.0. The smallest absolute Gasteiger partial charge is 0.0641 e. The van der Waals surface area contributed by atoms with Gasteiger partial charge in [0.25, 0.3) is 0 Å². The predicted octanol–water partition coefficient (Wildman–Crippen LogP) is 3.35. The van der Waals surface area contributed by atoms with Crippen molar-refractivity contribution in [1.29, 1.82) is 0 Å². The van der Waals surface area contributed by atoms with Crippen molar-refractivity contribution in [1.82, 2.24) is 5.32 Å². The molecular weight excluding hydrogens is 222 g/mol. The van der Waals surface area contributed by atoms with Crippen LogP contribution in [0.2, 0.25) is 0 Å². The van der Waals surface area contributed by atoms with Crippen molar-refractivity contribution in [3.63, 3.8) is 0 Å². The van der Waals surface area contributed by atoms with Crippen molar-refractivity contribution < 1.29 is 4.74 Å². The van der Waals surface area contributed by atoms with E-state index in [1.165, 1.54) is 16.7 Å². The lowest BCUT2D eigenvalue weighted by molar-refractivity contribution is -0.0630. The van der Waals surface area contributed by atoms with Crippen LogP contribution in [0.25, 0.3) is 0 Å². The van der Waals surface area contributed by atoms with Crippen molar-refractivity contribution in [2.45, 2.75) is 58.7 Å². The normalized spacial score (nSPS) is 23.0. The summed E-state index contributed by atoms with van der Waals surface area (Å²) in [5, 5.41) is 3.67. The highest BCUT2D eigenvalue weighted by Crippen LogP contribution is 2.24. The van der Waals surface area contributed by atoms with Crippen molar-refractivity contribution in [2.75, 3.05) is 6.61 Å². The van der Waals surface area contributed by atoms with E-state index in [0.29, 0.717) is 6.04 Å². The van der Waals surface area contributed by atoms with Crippen molar-refractivity contribution >= 4 is 0 Å². The molecule has 0 amide bonds. The molecule has 100 valence electrons. The molecule has 18 heavy (non-hydrogen) atoms. The average molecular weight is 247 g/mol. The molecule has 0 radical (unpaired) electrons. The molecule has 0 aromatic heterocycles. The second kappa shape index (κ2) is 5.41. The molecule has 2 nitrogen and oxygen atoms in total. The third-order valence-corrected chi connectivity index (χ3v) is 3.57. The first-order chi connectivity index (χ1) is 8.44. The summed E-state index contributed by atoms with van der Waals surface area (Å²) in [5.74, 6) is 0. The minimum atomic E-state index is 0.0262. The fourth-order valence-electron chi connectivity index (χ4n) is 2.84. The predicted molar refractivity (Wildman–Crippen MR) is 75.8 cm³/mol. The summed E-state index contributed by atoms with van der Waals surface area (Å²) in [6.07, 6.45) is 2.21. The Kier molecular flexibility index (Phi) is 4.08. The van der Waals surface area contributed by atoms with Gasteiger partial charge >= 0.3 is 0 Å². The fraction of sp³-hybridized carbons (Fsp3) is 0.625. The second-order valence-electron chi connectivity index (χ2n) is 6.17. The molecular formula is C16H25NO. The Bertz CT molecular complexity index is 391. The number of ether oxygens (including phenoxy) is 1. The lowest BCUT2D eigenvalue weighted by Gasteiger charge is -2.36. The zero-order chi connectivity index (χ0) is 13.2. The number of nitrogens with one attached hydrogen (secondary N) is 1. The van der Waals surface area contributed by atoms with Gasteiger partial charge in [-0.1, -0.05) is 29.3 Å². The molecule has 1 fully saturated rings. The maximum absolute atomic E-state index is 5.75. The molecule has 1 atom stereocenters. The van der Waals surface area contributed by atoms with Crippen LogP contribution in [0.3, 0.4) is 0 Å². The largest absolute Gasteiger partial charge is 0.375 e. The lowest BCUT2D eigenvalue weighted by Crippen LogP contribution is -2.43. The SMILES string of the molecule is Cc1cc(C)cc(CNC2CCOC(C)(C)C2)c1. The van der Waals surface area contributed by atoms with E-state index in [-0.39, 0.29) is 5.60 Å². The van der Waals surface area contributed by atoms with Gasteiger partial charge in [0.2, 0.25) is 0 Å². The van der Waals surface area contributed by atoms with Gasteiger partial charge in [-0.15, -0.1) is 0 Å². The molecule has 1 N–H and O–H groups in total. The van der Waals surface area contributed by atoms with Crippen molar-refractivity contribution in [3.05, 3.63) is 34.9 Å². The topological polar surface area (TPSA) is 21.3 Å². The van der Waals surface area contributed by atoms with Gasteiger partial charge in [-0.25, -0.2) is 0 Å². The standard InChI is InChI=1S/C16H25NO/c1-12-7-13(2)9-14(8-12)11-17-15-5-6-18-16(3,4)10-15/h7-9,15,17H,5-6,10-11H2,1-4H3. The quantitative estimate of drug-likeness (QED) is 0.884. The van der Waals surface area contributed by atoms with Gasteiger partial charge in [-0.3, -0.25) is 0 Å². The Labute approximate surface area is 111 Å². The van der Waals surface area contributed by atoms with Gasteiger partial charge in [0.15, 0.2) is 0 Å². The van der Waals surface area contributed by atoms with Crippen molar-refractivity contribution in [2.24, 2.45) is 0 Å². The molecule has 1 aromatic carbocycles. The molecule has 0 saturated carbocycles. The van der Waals surface area contributed by atoms with E-state index in [1.54, 1.807) is 0 Å². The molecule has 1 aliphatic heterocycles. The number of aryl methyl sites for hydroxylation is 2. The van der Waals surface area contributed by atoms with Crippen LogP contribution in [0.1, 0.15) is 43.4 Å². The second-order valence-corrected chi connectivity index (χ2v) is 6.17. The Morgan fingerprint density at radius 3 is 2.50 bits per heavy atom. The van der Waals surface area contributed by atoms with Crippen LogP contribution in [0.5, 0.6) is 0 Å². The average Bonchev–Trinajstić information content (AvgIpc) is 2.24. The summed E-state index contributed by atoms with van der Waals surface area (Å²) in [6.45, 7) is 10.5. The molecule has 1 aromatic rings. The lowest BCUT2D eigenvalue weighted by atomic mass is 9.94. The van der Waals surface area contributed by atoms with Crippen LogP contribution < -0.4 is 5.32 Å². The molecule has 2 heteroatoms. The zero-order valence-electron chi connectivity index (χ0n) is 12.0. The Balaban J connectivity index is 1.91. The number of rotatable bonds is 3. The molecule has 1 unspecified atom stereocenters. The van der Waals surface area contributed by atoms with Gasteiger partial charge in [0, 0.05) is 19.2 Å². The van der Waals surface area contributed by atoms with E-state index in [1.807, 2.05) is 0 Å². The molecule has 1 heterocycles. The minimum absolute atomic E-state index is 0.0262. The third-order valence-electron chi connectivity index (χ3n) is 3.57. The first-order valence-corrected chi connectivity index (χ1v) is 6.89. The van der Waals surface area contributed by atoms with E-state index >= 15 is 0 Å². The van der Waals surface area contributed by atoms with Gasteiger partial charge in [0.1, 0.15) is 0 Å².